The lowest BCUT2D eigenvalue weighted by molar-refractivity contribution is -0.145. The van der Waals surface area contributed by atoms with Crippen LogP contribution in [0.4, 0.5) is 4.39 Å². The Bertz CT molecular complexity index is 1600. The first-order chi connectivity index (χ1) is 20.2. The number of hydrogen-bond acceptors (Lipinski definition) is 4. The van der Waals surface area contributed by atoms with Gasteiger partial charge in [-0.2, -0.15) is 4.31 Å². The van der Waals surface area contributed by atoms with Gasteiger partial charge in [0, 0.05) is 44.1 Å². The van der Waals surface area contributed by atoms with Gasteiger partial charge in [-0.25, -0.2) is 17.8 Å². The van der Waals surface area contributed by atoms with Crippen LogP contribution < -0.4 is 0 Å². The number of benzene rings is 3. The second kappa shape index (κ2) is 12.8. The Morgan fingerprint density at radius 3 is 2.26 bits per heavy atom. The Kier molecular flexibility index (Phi) is 9.11. The number of hydrogen-bond donors (Lipinski definition) is 0. The van der Waals surface area contributed by atoms with Crippen LogP contribution in [0.1, 0.15) is 29.8 Å². The zero-order valence-corrected chi connectivity index (χ0v) is 25.1. The predicted molar refractivity (Wildman–Crippen MR) is 161 cm³/mol. The zero-order valence-electron chi connectivity index (χ0n) is 23.5. The van der Waals surface area contributed by atoms with Crippen molar-refractivity contribution in [3.05, 3.63) is 119 Å². The van der Waals surface area contributed by atoms with Gasteiger partial charge in [0.15, 0.2) is 0 Å². The minimum absolute atomic E-state index is 0.0119. The molecule has 1 saturated heterocycles. The zero-order chi connectivity index (χ0) is 29.7. The molecule has 1 amide bonds. The molecule has 4 aromatic rings. The highest BCUT2D eigenvalue weighted by molar-refractivity contribution is 7.89. The number of piperidine rings is 1. The molecule has 220 valence electrons. The normalized spacial score (nSPS) is 15.4. The second-order valence-electron chi connectivity index (χ2n) is 10.9. The van der Waals surface area contributed by atoms with Crippen LogP contribution in [0.2, 0.25) is 5.02 Å². The van der Waals surface area contributed by atoms with Gasteiger partial charge in [0.2, 0.25) is 15.9 Å². The maximum absolute atomic E-state index is 14.7. The largest absolute Gasteiger partial charge is 0.337 e. The summed E-state index contributed by atoms with van der Waals surface area (Å²) in [4.78, 5) is 21.0. The van der Waals surface area contributed by atoms with Gasteiger partial charge < -0.3 is 9.47 Å². The average molecular weight is 609 g/mol. The molecule has 0 saturated carbocycles. The Balaban J connectivity index is 1.43. The quantitative estimate of drug-likeness (QED) is 0.238. The molecule has 2 heterocycles. The molecule has 0 unspecified atom stereocenters. The molecule has 10 heteroatoms. The number of imidazole rings is 1. The van der Waals surface area contributed by atoms with Crippen molar-refractivity contribution >= 4 is 27.5 Å². The summed E-state index contributed by atoms with van der Waals surface area (Å²) in [6.45, 7) is 1.18. The lowest BCUT2D eigenvalue weighted by atomic mass is 9.73. The molecular formula is C32H34ClFN4O3S. The van der Waals surface area contributed by atoms with Gasteiger partial charge in [-0.05, 0) is 73.2 Å². The van der Waals surface area contributed by atoms with Crippen LogP contribution in [-0.2, 0) is 41.3 Å². The van der Waals surface area contributed by atoms with E-state index < -0.39 is 21.3 Å². The molecule has 0 aliphatic carbocycles. The first-order valence-electron chi connectivity index (χ1n) is 14.0. The Morgan fingerprint density at radius 2 is 1.64 bits per heavy atom. The van der Waals surface area contributed by atoms with Crippen LogP contribution in [0.3, 0.4) is 0 Å². The third-order valence-electron chi connectivity index (χ3n) is 8.09. The smallest absolute Gasteiger partial charge is 0.243 e. The number of rotatable bonds is 10. The SMILES string of the molecule is Cn1ccnc1CN(CCc1ccc(Cl)cc1)C(=O)C1(Cc2ccccc2)CCN(S(=O)(=O)c2ccc(F)cc2)CC1. The average Bonchev–Trinajstić information content (AvgIpc) is 3.40. The fourth-order valence-electron chi connectivity index (χ4n) is 5.59. The number of aryl methyl sites for hydroxylation is 1. The number of carbonyl (C=O) groups is 1. The summed E-state index contributed by atoms with van der Waals surface area (Å²) in [5, 5.41) is 0.656. The Morgan fingerprint density at radius 1 is 0.976 bits per heavy atom. The lowest BCUT2D eigenvalue weighted by Gasteiger charge is -2.43. The van der Waals surface area contributed by atoms with Gasteiger partial charge in [0.05, 0.1) is 16.9 Å². The molecule has 42 heavy (non-hydrogen) atoms. The number of amides is 1. The van der Waals surface area contributed by atoms with E-state index >= 15 is 0 Å². The minimum atomic E-state index is -3.83. The maximum atomic E-state index is 14.7. The minimum Gasteiger partial charge on any atom is -0.337 e. The van der Waals surface area contributed by atoms with Crippen molar-refractivity contribution in [1.29, 1.82) is 0 Å². The molecule has 1 fully saturated rings. The summed E-state index contributed by atoms with van der Waals surface area (Å²) in [6, 6.07) is 22.3. The van der Waals surface area contributed by atoms with Crippen molar-refractivity contribution in [3.8, 4) is 0 Å². The molecule has 5 rings (SSSR count). The number of carbonyl (C=O) groups excluding carboxylic acids is 1. The summed E-state index contributed by atoms with van der Waals surface area (Å²) in [5.41, 5.74) is 1.28. The van der Waals surface area contributed by atoms with Gasteiger partial charge in [-0.15, -0.1) is 0 Å². The van der Waals surface area contributed by atoms with E-state index in [0.717, 1.165) is 29.1 Å². The van der Waals surface area contributed by atoms with E-state index in [1.165, 1.54) is 16.4 Å². The number of aromatic nitrogens is 2. The summed E-state index contributed by atoms with van der Waals surface area (Å²) in [6.07, 6.45) is 5.43. The third kappa shape index (κ3) is 6.75. The monoisotopic (exact) mass is 608 g/mol. The van der Waals surface area contributed by atoms with Gasteiger partial charge in [-0.3, -0.25) is 4.79 Å². The summed E-state index contributed by atoms with van der Waals surface area (Å²) in [5.74, 6) is 0.263. The number of halogens is 2. The molecule has 0 bridgehead atoms. The highest BCUT2D eigenvalue weighted by Crippen LogP contribution is 2.39. The van der Waals surface area contributed by atoms with Crippen molar-refractivity contribution < 1.29 is 17.6 Å². The van der Waals surface area contributed by atoms with Crippen molar-refractivity contribution in [2.24, 2.45) is 12.5 Å². The van der Waals surface area contributed by atoms with E-state index in [0.29, 0.717) is 43.8 Å². The van der Waals surface area contributed by atoms with Crippen LogP contribution in [0.5, 0.6) is 0 Å². The maximum Gasteiger partial charge on any atom is 0.243 e. The lowest BCUT2D eigenvalue weighted by Crippen LogP contribution is -2.52. The summed E-state index contributed by atoms with van der Waals surface area (Å²) >= 11 is 6.08. The highest BCUT2D eigenvalue weighted by Gasteiger charge is 2.46. The topological polar surface area (TPSA) is 75.5 Å². The van der Waals surface area contributed by atoms with Crippen molar-refractivity contribution in [2.75, 3.05) is 19.6 Å². The van der Waals surface area contributed by atoms with E-state index in [1.807, 2.05) is 77.3 Å². The van der Waals surface area contributed by atoms with E-state index in [1.54, 1.807) is 6.20 Å². The molecular weight excluding hydrogens is 575 g/mol. The number of sulfonamides is 1. The van der Waals surface area contributed by atoms with Crippen LogP contribution in [0.25, 0.3) is 0 Å². The summed E-state index contributed by atoms with van der Waals surface area (Å²) in [7, 11) is -1.92. The fraction of sp³-hybridized carbons (Fsp3) is 0.312. The molecule has 0 radical (unpaired) electrons. The molecule has 7 nitrogen and oxygen atoms in total. The van der Waals surface area contributed by atoms with Crippen LogP contribution in [0.15, 0.2) is 96.2 Å². The molecule has 0 spiro atoms. The van der Waals surface area contributed by atoms with E-state index in [2.05, 4.69) is 4.98 Å². The van der Waals surface area contributed by atoms with E-state index in [9.17, 15) is 17.6 Å². The molecule has 1 aromatic heterocycles. The molecule has 3 aromatic carbocycles. The van der Waals surface area contributed by atoms with Gasteiger partial charge >= 0.3 is 0 Å². The highest BCUT2D eigenvalue weighted by atomic mass is 35.5. The van der Waals surface area contributed by atoms with Crippen LogP contribution in [0, 0.1) is 11.2 Å². The first kappa shape index (κ1) is 29.9. The predicted octanol–water partition coefficient (Wildman–Crippen LogP) is 5.50. The molecule has 0 atom stereocenters. The van der Waals surface area contributed by atoms with Crippen molar-refractivity contribution in [2.45, 2.75) is 37.1 Å². The van der Waals surface area contributed by atoms with Gasteiger partial charge in [-0.1, -0.05) is 54.1 Å². The van der Waals surface area contributed by atoms with Crippen molar-refractivity contribution in [1.82, 2.24) is 18.8 Å². The Hall–Kier alpha value is -3.53. The van der Waals surface area contributed by atoms with E-state index in [4.69, 9.17) is 11.6 Å². The molecule has 1 aliphatic rings. The third-order valence-corrected chi connectivity index (χ3v) is 10.3. The Labute approximate surface area is 251 Å². The first-order valence-corrected chi connectivity index (χ1v) is 15.8. The van der Waals surface area contributed by atoms with Gasteiger partial charge in [0.25, 0.3) is 0 Å². The number of nitrogens with zero attached hydrogens (tertiary/aromatic N) is 4. The standard InChI is InChI=1S/C32H34ClFN4O3S/c1-36-22-18-35-30(36)24-37(19-15-25-7-9-27(33)10-8-25)31(39)32(23-26-5-3-2-4-6-26)16-20-38(21-17-32)42(40,41)29-13-11-28(34)12-14-29/h2-14,18,22H,15-17,19-21,23-24H2,1H3. The molecule has 0 N–H and O–H groups in total. The second-order valence-corrected chi connectivity index (χ2v) is 13.2. The fourth-order valence-corrected chi connectivity index (χ4v) is 7.15. The van der Waals surface area contributed by atoms with Gasteiger partial charge in [0.1, 0.15) is 11.6 Å². The van der Waals surface area contributed by atoms with Crippen molar-refractivity contribution in [3.63, 3.8) is 0 Å². The summed E-state index contributed by atoms with van der Waals surface area (Å²) < 4.78 is 43.6. The van der Waals surface area contributed by atoms with E-state index in [-0.39, 0.29) is 23.9 Å². The molecule has 1 aliphatic heterocycles. The van der Waals surface area contributed by atoms with Crippen LogP contribution in [-0.4, -0.2) is 52.7 Å². The van der Waals surface area contributed by atoms with Crippen LogP contribution >= 0.6 is 11.6 Å².